The van der Waals surface area contributed by atoms with Gasteiger partial charge in [-0.05, 0) is 62.4 Å². The number of hydrogen-bond donors (Lipinski definition) is 1. The van der Waals surface area contributed by atoms with Crippen molar-refractivity contribution in [1.29, 1.82) is 0 Å². The lowest BCUT2D eigenvalue weighted by Crippen LogP contribution is -2.23. The maximum absolute atomic E-state index is 14.5. The molecular weight excluding hydrogens is 505 g/mol. The number of para-hydroxylation sites is 1. The van der Waals surface area contributed by atoms with E-state index in [4.69, 9.17) is 4.74 Å². The van der Waals surface area contributed by atoms with E-state index in [1.807, 2.05) is 6.92 Å². The van der Waals surface area contributed by atoms with E-state index in [0.29, 0.717) is 4.70 Å². The monoisotopic (exact) mass is 527 g/mol. The molecule has 11 heteroatoms. The Morgan fingerprint density at radius 3 is 2.42 bits per heavy atom. The molecule has 3 aromatic carbocycles. The topological polar surface area (TPSA) is 107 Å². The minimum absolute atomic E-state index is 0.117. The molecule has 186 valence electrons. The molecule has 0 saturated heterocycles. The van der Waals surface area contributed by atoms with Gasteiger partial charge in [0.25, 0.3) is 15.9 Å². The van der Waals surface area contributed by atoms with E-state index >= 15 is 0 Å². The Bertz CT molecular complexity index is 1610. The molecular formula is C25H22FN3O5S2. The second-order valence-corrected chi connectivity index (χ2v) is 10.5. The van der Waals surface area contributed by atoms with Gasteiger partial charge in [-0.15, -0.1) is 0 Å². The first-order valence-corrected chi connectivity index (χ1v) is 13.2. The maximum Gasteiger partial charge on any atom is 0.326 e. The Kier molecular flexibility index (Phi) is 7.32. The molecule has 0 atom stereocenters. The number of nitrogens with one attached hydrogen (secondary N) is 1. The number of halogens is 1. The van der Waals surface area contributed by atoms with Gasteiger partial charge in [0.2, 0.25) is 0 Å². The minimum Gasteiger partial charge on any atom is -0.465 e. The molecule has 1 heterocycles. The highest BCUT2D eigenvalue weighted by atomic mass is 32.2. The van der Waals surface area contributed by atoms with Gasteiger partial charge in [-0.3, -0.25) is 14.3 Å². The van der Waals surface area contributed by atoms with Crippen LogP contribution < -0.4 is 9.52 Å². The predicted molar refractivity (Wildman–Crippen MR) is 135 cm³/mol. The molecule has 0 aliphatic heterocycles. The smallest absolute Gasteiger partial charge is 0.326 e. The van der Waals surface area contributed by atoms with Gasteiger partial charge in [0.1, 0.15) is 12.4 Å². The molecule has 0 radical (unpaired) electrons. The molecule has 0 fully saturated rings. The number of aromatic nitrogens is 1. The molecule has 36 heavy (non-hydrogen) atoms. The molecule has 0 aliphatic carbocycles. The van der Waals surface area contributed by atoms with Crippen LogP contribution in [0.25, 0.3) is 10.2 Å². The number of hydrogen-bond acceptors (Lipinski definition) is 6. The number of aryl methyl sites for hydroxylation is 1. The summed E-state index contributed by atoms with van der Waals surface area (Å²) in [5, 5.41) is 0. The van der Waals surface area contributed by atoms with Crippen LogP contribution in [-0.2, 0) is 26.1 Å². The molecule has 1 aromatic heterocycles. The summed E-state index contributed by atoms with van der Waals surface area (Å²) in [7, 11) is -3.79. The van der Waals surface area contributed by atoms with Gasteiger partial charge in [0, 0.05) is 11.3 Å². The predicted octanol–water partition coefficient (Wildman–Crippen LogP) is 4.26. The van der Waals surface area contributed by atoms with E-state index in [0.717, 1.165) is 16.9 Å². The van der Waals surface area contributed by atoms with Gasteiger partial charge in [-0.1, -0.05) is 35.1 Å². The second-order valence-electron chi connectivity index (χ2n) is 7.78. The Labute approximate surface area is 210 Å². The number of ether oxygens (including phenoxy) is 1. The molecule has 4 aromatic rings. The highest BCUT2D eigenvalue weighted by Crippen LogP contribution is 2.21. The van der Waals surface area contributed by atoms with Crippen molar-refractivity contribution in [3.05, 3.63) is 88.5 Å². The fourth-order valence-corrected chi connectivity index (χ4v) is 5.52. The summed E-state index contributed by atoms with van der Waals surface area (Å²) < 4.78 is 49.0. The lowest BCUT2D eigenvalue weighted by molar-refractivity contribution is -0.143. The highest BCUT2D eigenvalue weighted by Gasteiger charge is 2.17. The largest absolute Gasteiger partial charge is 0.465 e. The van der Waals surface area contributed by atoms with E-state index < -0.39 is 27.7 Å². The number of fused-ring (bicyclic) bond motifs is 1. The first-order valence-electron chi connectivity index (χ1n) is 10.9. The molecule has 4 rings (SSSR count). The third kappa shape index (κ3) is 5.52. The molecule has 0 bridgehead atoms. The van der Waals surface area contributed by atoms with Crippen molar-refractivity contribution in [3.8, 4) is 0 Å². The zero-order valence-corrected chi connectivity index (χ0v) is 21.0. The standard InChI is InChI=1S/C25H22FN3O5S2/c1-3-34-22(30)15-29-23-20(26)5-4-6-21(23)35-25(29)27-24(31)17-9-11-18(12-10-17)28-36(32,33)19-13-7-16(2)8-14-19/h4-14,28H,3,15H2,1-2H3. The lowest BCUT2D eigenvalue weighted by Gasteiger charge is -2.08. The van der Waals surface area contributed by atoms with Crippen LogP contribution in [0.15, 0.2) is 76.6 Å². The summed E-state index contributed by atoms with van der Waals surface area (Å²) in [4.78, 5) is 29.3. The SMILES string of the molecule is CCOC(=O)Cn1c(=NC(=O)c2ccc(NS(=O)(=O)c3ccc(C)cc3)cc2)sc2cccc(F)c21. The second kappa shape index (κ2) is 10.4. The van der Waals surface area contributed by atoms with E-state index in [1.165, 1.54) is 53.1 Å². The van der Waals surface area contributed by atoms with Crippen LogP contribution in [-0.4, -0.2) is 31.5 Å². The number of sulfonamides is 1. The van der Waals surface area contributed by atoms with Crippen LogP contribution in [0.3, 0.4) is 0 Å². The van der Waals surface area contributed by atoms with E-state index in [2.05, 4.69) is 9.71 Å². The van der Waals surface area contributed by atoms with E-state index in [1.54, 1.807) is 25.1 Å². The summed E-state index contributed by atoms with van der Waals surface area (Å²) in [6.45, 7) is 3.38. The number of nitrogens with zero attached hydrogens (tertiary/aromatic N) is 2. The summed E-state index contributed by atoms with van der Waals surface area (Å²) in [6.07, 6.45) is 0. The van der Waals surface area contributed by atoms with Crippen molar-refractivity contribution >= 4 is 49.1 Å². The Morgan fingerprint density at radius 1 is 1.06 bits per heavy atom. The van der Waals surface area contributed by atoms with Crippen LogP contribution >= 0.6 is 11.3 Å². The average Bonchev–Trinajstić information content (AvgIpc) is 3.17. The van der Waals surface area contributed by atoms with Gasteiger partial charge >= 0.3 is 5.97 Å². The fraction of sp³-hybridized carbons (Fsp3) is 0.160. The number of rotatable bonds is 7. The Morgan fingerprint density at radius 2 is 1.75 bits per heavy atom. The Balaban J connectivity index is 1.62. The fourth-order valence-electron chi connectivity index (χ4n) is 3.42. The minimum atomic E-state index is -3.79. The van der Waals surface area contributed by atoms with Gasteiger partial charge in [-0.25, -0.2) is 12.8 Å². The zero-order chi connectivity index (χ0) is 25.9. The van der Waals surface area contributed by atoms with E-state index in [-0.39, 0.29) is 39.6 Å². The molecule has 1 N–H and O–H groups in total. The summed E-state index contributed by atoms with van der Waals surface area (Å²) >= 11 is 1.07. The van der Waals surface area contributed by atoms with Crippen molar-refractivity contribution in [2.75, 3.05) is 11.3 Å². The number of carbonyl (C=O) groups is 2. The molecule has 1 amide bonds. The lowest BCUT2D eigenvalue weighted by atomic mass is 10.2. The number of anilines is 1. The maximum atomic E-state index is 14.5. The number of carbonyl (C=O) groups excluding carboxylic acids is 2. The highest BCUT2D eigenvalue weighted by molar-refractivity contribution is 7.92. The molecule has 0 spiro atoms. The quantitative estimate of drug-likeness (QED) is 0.362. The first kappa shape index (κ1) is 25.3. The van der Waals surface area contributed by atoms with Crippen LogP contribution in [0.2, 0.25) is 0 Å². The van der Waals surface area contributed by atoms with E-state index in [9.17, 15) is 22.4 Å². The number of benzene rings is 3. The average molecular weight is 528 g/mol. The van der Waals surface area contributed by atoms with Crippen molar-refractivity contribution in [2.24, 2.45) is 4.99 Å². The first-order chi connectivity index (χ1) is 17.2. The van der Waals surface area contributed by atoms with Crippen LogP contribution in [0.4, 0.5) is 10.1 Å². The van der Waals surface area contributed by atoms with Gasteiger partial charge in [0.15, 0.2) is 4.80 Å². The summed E-state index contributed by atoms with van der Waals surface area (Å²) in [5.41, 5.74) is 1.55. The van der Waals surface area contributed by atoms with Crippen LogP contribution in [0, 0.1) is 12.7 Å². The van der Waals surface area contributed by atoms with Gasteiger partial charge < -0.3 is 9.30 Å². The number of esters is 1. The zero-order valence-electron chi connectivity index (χ0n) is 19.4. The van der Waals surface area contributed by atoms with Crippen molar-refractivity contribution in [3.63, 3.8) is 0 Å². The van der Waals surface area contributed by atoms with Crippen molar-refractivity contribution < 1.29 is 27.1 Å². The summed E-state index contributed by atoms with van der Waals surface area (Å²) in [6, 6.07) is 16.6. The van der Waals surface area contributed by atoms with Crippen LogP contribution in [0.5, 0.6) is 0 Å². The van der Waals surface area contributed by atoms with Crippen molar-refractivity contribution in [2.45, 2.75) is 25.3 Å². The molecule has 0 unspecified atom stereocenters. The molecule has 0 aliphatic rings. The normalized spacial score (nSPS) is 12.0. The van der Waals surface area contributed by atoms with Crippen LogP contribution in [0.1, 0.15) is 22.8 Å². The third-order valence-electron chi connectivity index (χ3n) is 5.16. The van der Waals surface area contributed by atoms with Crippen molar-refractivity contribution in [1.82, 2.24) is 4.57 Å². The number of amides is 1. The third-order valence-corrected chi connectivity index (χ3v) is 7.60. The number of thiazole rings is 1. The summed E-state index contributed by atoms with van der Waals surface area (Å²) in [5.74, 6) is -1.76. The molecule has 0 saturated carbocycles. The Hall–Kier alpha value is -3.83. The molecule has 8 nitrogen and oxygen atoms in total. The van der Waals surface area contributed by atoms with Gasteiger partial charge in [-0.2, -0.15) is 4.99 Å². The van der Waals surface area contributed by atoms with Gasteiger partial charge in [0.05, 0.1) is 21.7 Å².